The molecule has 0 aromatic heterocycles. The topological polar surface area (TPSA) is 46.2 Å². The number of nitrogens with one attached hydrogen (secondary N) is 1. The van der Waals surface area contributed by atoms with Crippen molar-refractivity contribution in [1.82, 2.24) is 5.32 Å². The Morgan fingerprint density at radius 1 is 1.00 bits per heavy atom. The highest BCUT2D eigenvalue weighted by Crippen LogP contribution is 2.46. The first-order chi connectivity index (χ1) is 8.66. The minimum absolute atomic E-state index is 0.183. The molecule has 1 aliphatic rings. The summed E-state index contributed by atoms with van der Waals surface area (Å²) >= 11 is 0. The van der Waals surface area contributed by atoms with Gasteiger partial charge in [0.25, 0.3) is 0 Å². The third-order valence-corrected chi connectivity index (χ3v) is 4.46. The van der Waals surface area contributed by atoms with Crippen molar-refractivity contribution in [1.29, 1.82) is 0 Å². The molecule has 1 aromatic rings. The first kappa shape index (κ1) is 13.8. The van der Waals surface area contributed by atoms with Crippen LogP contribution in [0, 0.1) is 19.3 Å². The lowest BCUT2D eigenvalue weighted by Gasteiger charge is -2.46. The van der Waals surface area contributed by atoms with Gasteiger partial charge in [0.15, 0.2) is 0 Å². The number of rotatable bonds is 1. The number of imide groups is 1. The number of hydrogen-bond acceptors (Lipinski definition) is 2. The molecule has 1 aromatic carbocycles. The summed E-state index contributed by atoms with van der Waals surface area (Å²) in [5.41, 5.74) is 2.18. The van der Waals surface area contributed by atoms with E-state index < -0.39 is 10.8 Å². The van der Waals surface area contributed by atoms with Crippen molar-refractivity contribution in [3.05, 3.63) is 34.9 Å². The van der Waals surface area contributed by atoms with Crippen LogP contribution in [0.5, 0.6) is 0 Å². The molecule has 1 fully saturated rings. The summed E-state index contributed by atoms with van der Waals surface area (Å²) in [6, 6.07) is 6.18. The Morgan fingerprint density at radius 3 is 2.00 bits per heavy atom. The highest BCUT2D eigenvalue weighted by molar-refractivity contribution is 6.04. The molecular weight excluding hydrogens is 238 g/mol. The van der Waals surface area contributed by atoms with Crippen LogP contribution in [0.2, 0.25) is 0 Å². The number of carbonyl (C=O) groups excluding carboxylic acids is 2. The van der Waals surface area contributed by atoms with Gasteiger partial charge in [-0.25, -0.2) is 0 Å². The number of benzene rings is 1. The number of hydrogen-bond donors (Lipinski definition) is 1. The van der Waals surface area contributed by atoms with Crippen molar-refractivity contribution in [3.8, 4) is 0 Å². The van der Waals surface area contributed by atoms with Gasteiger partial charge in [-0.2, -0.15) is 0 Å². The molecular formula is C16H21NO2. The van der Waals surface area contributed by atoms with E-state index in [9.17, 15) is 9.59 Å². The van der Waals surface area contributed by atoms with Gasteiger partial charge in [0, 0.05) is 6.42 Å². The highest BCUT2D eigenvalue weighted by atomic mass is 16.2. The summed E-state index contributed by atoms with van der Waals surface area (Å²) in [5, 5.41) is 2.49. The monoisotopic (exact) mass is 259 g/mol. The van der Waals surface area contributed by atoms with Gasteiger partial charge in [-0.1, -0.05) is 43.2 Å². The maximum Gasteiger partial charge on any atom is 0.237 e. The van der Waals surface area contributed by atoms with Gasteiger partial charge < -0.3 is 0 Å². The van der Waals surface area contributed by atoms with Crippen LogP contribution in [0.3, 0.4) is 0 Å². The van der Waals surface area contributed by atoms with E-state index in [0.717, 1.165) is 16.7 Å². The summed E-state index contributed by atoms with van der Waals surface area (Å²) in [6.45, 7) is 9.96. The van der Waals surface area contributed by atoms with Crippen molar-refractivity contribution >= 4 is 11.8 Å². The van der Waals surface area contributed by atoms with E-state index in [0.29, 0.717) is 6.42 Å². The zero-order valence-electron chi connectivity index (χ0n) is 12.3. The van der Waals surface area contributed by atoms with Crippen LogP contribution in [-0.4, -0.2) is 11.8 Å². The lowest BCUT2D eigenvalue weighted by atomic mass is 9.59. The molecule has 1 saturated heterocycles. The van der Waals surface area contributed by atoms with Crippen LogP contribution in [0.15, 0.2) is 18.2 Å². The second-order valence-electron chi connectivity index (χ2n) is 6.44. The first-order valence-electron chi connectivity index (χ1n) is 6.60. The molecule has 3 nitrogen and oxygen atoms in total. The average Bonchev–Trinajstić information content (AvgIpc) is 2.23. The molecule has 3 heteroatoms. The second kappa shape index (κ2) is 4.19. The quantitative estimate of drug-likeness (QED) is 0.788. The molecule has 1 aliphatic heterocycles. The average molecular weight is 259 g/mol. The standard InChI is InChI=1S/C16H21NO2/c1-10-6-11(2)8-12(7-10)16(5)14(19)17-13(18)9-15(16,3)4/h6-8H,9H2,1-5H3,(H,17,18,19). The highest BCUT2D eigenvalue weighted by Gasteiger charge is 2.53. The van der Waals surface area contributed by atoms with Gasteiger partial charge in [-0.15, -0.1) is 0 Å². The third kappa shape index (κ3) is 2.07. The number of aryl methyl sites for hydroxylation is 2. The van der Waals surface area contributed by atoms with Crippen LogP contribution in [0.25, 0.3) is 0 Å². The van der Waals surface area contributed by atoms with Crippen LogP contribution < -0.4 is 5.32 Å². The molecule has 2 amide bonds. The van der Waals surface area contributed by atoms with Gasteiger partial charge >= 0.3 is 0 Å². The molecule has 1 N–H and O–H groups in total. The van der Waals surface area contributed by atoms with Crippen LogP contribution >= 0.6 is 0 Å². The van der Waals surface area contributed by atoms with E-state index in [-0.39, 0.29) is 11.8 Å². The minimum Gasteiger partial charge on any atom is -0.296 e. The maximum atomic E-state index is 12.4. The van der Waals surface area contributed by atoms with Crippen molar-refractivity contribution < 1.29 is 9.59 Å². The van der Waals surface area contributed by atoms with Gasteiger partial charge in [0.2, 0.25) is 11.8 Å². The normalized spacial score (nSPS) is 26.2. The summed E-state index contributed by atoms with van der Waals surface area (Å²) in [6.07, 6.45) is 0.363. The number of amides is 2. The number of carbonyl (C=O) groups is 2. The van der Waals surface area contributed by atoms with Crippen molar-refractivity contribution in [2.24, 2.45) is 5.41 Å². The molecule has 0 bridgehead atoms. The van der Waals surface area contributed by atoms with E-state index in [1.54, 1.807) is 0 Å². The lowest BCUT2D eigenvalue weighted by molar-refractivity contribution is -0.144. The molecule has 0 spiro atoms. The van der Waals surface area contributed by atoms with Crippen molar-refractivity contribution in [3.63, 3.8) is 0 Å². The van der Waals surface area contributed by atoms with Crippen LogP contribution in [0.4, 0.5) is 0 Å². The van der Waals surface area contributed by atoms with Gasteiger partial charge in [-0.3, -0.25) is 14.9 Å². The maximum absolute atomic E-state index is 12.4. The Bertz CT molecular complexity index is 540. The molecule has 1 atom stereocenters. The Labute approximate surface area is 114 Å². The minimum atomic E-state index is -0.683. The zero-order valence-corrected chi connectivity index (χ0v) is 12.3. The predicted molar refractivity (Wildman–Crippen MR) is 74.8 cm³/mol. The molecule has 0 aliphatic carbocycles. The fourth-order valence-corrected chi connectivity index (χ4v) is 2.97. The molecule has 1 unspecified atom stereocenters. The fraction of sp³-hybridized carbons (Fsp3) is 0.500. The largest absolute Gasteiger partial charge is 0.296 e. The summed E-state index contributed by atoms with van der Waals surface area (Å²) < 4.78 is 0. The Kier molecular flexibility index (Phi) is 3.04. The van der Waals surface area contributed by atoms with E-state index in [1.165, 1.54) is 0 Å². The van der Waals surface area contributed by atoms with E-state index >= 15 is 0 Å². The second-order valence-corrected chi connectivity index (χ2v) is 6.44. The van der Waals surface area contributed by atoms with Crippen LogP contribution in [0.1, 0.15) is 43.9 Å². The molecule has 1 heterocycles. The smallest absolute Gasteiger partial charge is 0.237 e. The molecule has 0 saturated carbocycles. The predicted octanol–water partition coefficient (Wildman–Crippen LogP) is 2.63. The number of piperidine rings is 1. The van der Waals surface area contributed by atoms with Crippen molar-refractivity contribution in [2.75, 3.05) is 0 Å². The van der Waals surface area contributed by atoms with E-state index in [4.69, 9.17) is 0 Å². The van der Waals surface area contributed by atoms with Gasteiger partial charge in [0.05, 0.1) is 5.41 Å². The Hall–Kier alpha value is -1.64. The molecule has 19 heavy (non-hydrogen) atoms. The van der Waals surface area contributed by atoms with E-state index in [2.05, 4.69) is 11.4 Å². The Balaban J connectivity index is 2.61. The molecule has 0 radical (unpaired) electrons. The SMILES string of the molecule is Cc1cc(C)cc(C2(C)C(=O)NC(=O)CC2(C)C)c1. The fourth-order valence-electron chi connectivity index (χ4n) is 2.97. The third-order valence-electron chi connectivity index (χ3n) is 4.46. The summed E-state index contributed by atoms with van der Waals surface area (Å²) in [5.74, 6) is -0.379. The summed E-state index contributed by atoms with van der Waals surface area (Å²) in [4.78, 5) is 24.0. The van der Waals surface area contributed by atoms with Crippen molar-refractivity contribution in [2.45, 2.75) is 46.5 Å². The van der Waals surface area contributed by atoms with Gasteiger partial charge in [0.1, 0.15) is 0 Å². The summed E-state index contributed by atoms with van der Waals surface area (Å²) in [7, 11) is 0. The molecule has 2 rings (SSSR count). The zero-order chi connectivity index (χ0) is 14.4. The molecule has 102 valence electrons. The Morgan fingerprint density at radius 2 is 1.53 bits per heavy atom. The van der Waals surface area contributed by atoms with Gasteiger partial charge in [-0.05, 0) is 31.7 Å². The lowest BCUT2D eigenvalue weighted by Crippen LogP contribution is -2.59. The first-order valence-corrected chi connectivity index (χ1v) is 6.60. The van der Waals surface area contributed by atoms with E-state index in [1.807, 2.05) is 46.8 Å². The van der Waals surface area contributed by atoms with Crippen LogP contribution in [-0.2, 0) is 15.0 Å².